The second-order valence-corrected chi connectivity index (χ2v) is 6.68. The lowest BCUT2D eigenvalue weighted by molar-refractivity contribution is -0.118. The highest BCUT2D eigenvalue weighted by Crippen LogP contribution is 2.26. The van der Waals surface area contributed by atoms with E-state index in [0.29, 0.717) is 34.4 Å². The first-order valence-corrected chi connectivity index (χ1v) is 9.63. The van der Waals surface area contributed by atoms with E-state index in [9.17, 15) is 9.59 Å². The Morgan fingerprint density at radius 1 is 0.893 bits per heavy atom. The number of rotatable bonds is 8. The quantitative estimate of drug-likeness (QED) is 0.591. The number of para-hydroxylation sites is 2. The van der Waals surface area contributed by atoms with Crippen LogP contribution in [0.2, 0.25) is 0 Å². The van der Waals surface area contributed by atoms with Crippen molar-refractivity contribution in [3.05, 3.63) is 70.9 Å². The van der Waals surface area contributed by atoms with Crippen LogP contribution in [0.25, 0.3) is 0 Å². The Morgan fingerprint density at radius 2 is 1.61 bits per heavy atom. The monoisotopic (exact) mass is 396 g/mol. The lowest BCUT2D eigenvalue weighted by atomic mass is 10.2. The van der Waals surface area contributed by atoms with E-state index in [0.717, 1.165) is 0 Å². The maximum absolute atomic E-state index is 12.2. The highest BCUT2D eigenvalue weighted by molar-refractivity contribution is 7.12. The molecule has 0 saturated heterocycles. The fourth-order valence-electron chi connectivity index (χ4n) is 2.46. The number of hydrogen-bond donors (Lipinski definition) is 2. The molecule has 3 aromatic rings. The fraction of sp³-hybridized carbons (Fsp3) is 0.143. The lowest BCUT2D eigenvalue weighted by Crippen LogP contribution is -2.20. The Hall–Kier alpha value is -3.32. The van der Waals surface area contributed by atoms with Gasteiger partial charge in [0.1, 0.15) is 0 Å². The first-order valence-electron chi connectivity index (χ1n) is 8.75. The zero-order valence-corrected chi connectivity index (χ0v) is 16.1. The lowest BCUT2D eigenvalue weighted by Gasteiger charge is -2.12. The summed E-state index contributed by atoms with van der Waals surface area (Å²) in [5.74, 6) is 0.606. The predicted molar refractivity (Wildman–Crippen MR) is 110 cm³/mol. The van der Waals surface area contributed by atoms with Gasteiger partial charge < -0.3 is 20.1 Å². The van der Waals surface area contributed by atoms with Crippen LogP contribution in [0.15, 0.2) is 66.0 Å². The minimum absolute atomic E-state index is 0.157. The van der Waals surface area contributed by atoms with E-state index in [-0.39, 0.29) is 18.4 Å². The molecule has 0 unspecified atom stereocenters. The summed E-state index contributed by atoms with van der Waals surface area (Å²) in [5.41, 5.74) is 1.16. The molecule has 1 heterocycles. The van der Waals surface area contributed by atoms with Crippen LogP contribution in [0.5, 0.6) is 11.5 Å². The average Bonchev–Trinajstić information content (AvgIpc) is 3.23. The van der Waals surface area contributed by atoms with Gasteiger partial charge in [0.25, 0.3) is 11.8 Å². The van der Waals surface area contributed by atoms with Gasteiger partial charge in [-0.2, -0.15) is 0 Å². The highest BCUT2D eigenvalue weighted by atomic mass is 32.1. The molecular formula is C21H20N2O4S. The summed E-state index contributed by atoms with van der Waals surface area (Å²) in [6.45, 7) is 2.24. The van der Waals surface area contributed by atoms with Crippen LogP contribution < -0.4 is 20.1 Å². The number of carbonyl (C=O) groups is 2. The molecule has 0 aliphatic rings. The van der Waals surface area contributed by atoms with E-state index in [1.54, 1.807) is 42.5 Å². The number of thiophene rings is 1. The van der Waals surface area contributed by atoms with Gasteiger partial charge in [-0.1, -0.05) is 24.3 Å². The van der Waals surface area contributed by atoms with Crippen molar-refractivity contribution in [2.24, 2.45) is 0 Å². The normalized spacial score (nSPS) is 10.2. The summed E-state index contributed by atoms with van der Waals surface area (Å²) < 4.78 is 11.0. The first-order chi connectivity index (χ1) is 13.7. The van der Waals surface area contributed by atoms with Crippen molar-refractivity contribution < 1.29 is 19.1 Å². The molecule has 7 heteroatoms. The standard InChI is InChI=1S/C21H20N2O4S/c1-2-26-17-9-3-4-10-18(17)27-14-20(24)22-15-7-5-8-16(13-15)23-21(25)19-11-6-12-28-19/h3-13H,2,14H2,1H3,(H,22,24)(H,23,25). The molecule has 28 heavy (non-hydrogen) atoms. The van der Waals surface area contributed by atoms with E-state index in [1.807, 2.05) is 30.5 Å². The van der Waals surface area contributed by atoms with Gasteiger partial charge in [0.05, 0.1) is 11.5 Å². The SMILES string of the molecule is CCOc1ccccc1OCC(=O)Nc1cccc(NC(=O)c2cccs2)c1. The molecule has 0 atom stereocenters. The van der Waals surface area contributed by atoms with Crippen LogP contribution in [-0.2, 0) is 4.79 Å². The molecule has 1 aromatic heterocycles. The molecule has 3 rings (SSSR count). The van der Waals surface area contributed by atoms with Crippen LogP contribution in [0.4, 0.5) is 11.4 Å². The third-order valence-corrected chi connectivity index (χ3v) is 4.53. The second kappa shape index (κ2) is 9.57. The van der Waals surface area contributed by atoms with Crippen LogP contribution in [0.3, 0.4) is 0 Å². The van der Waals surface area contributed by atoms with Crippen LogP contribution >= 0.6 is 11.3 Å². The van der Waals surface area contributed by atoms with Crippen molar-refractivity contribution >= 4 is 34.5 Å². The number of anilines is 2. The Balaban J connectivity index is 1.56. The highest BCUT2D eigenvalue weighted by Gasteiger charge is 2.10. The van der Waals surface area contributed by atoms with Crippen LogP contribution in [0.1, 0.15) is 16.6 Å². The van der Waals surface area contributed by atoms with Gasteiger partial charge in [-0.25, -0.2) is 0 Å². The van der Waals surface area contributed by atoms with Gasteiger partial charge in [0.15, 0.2) is 18.1 Å². The second-order valence-electron chi connectivity index (χ2n) is 5.73. The number of carbonyl (C=O) groups excluding carboxylic acids is 2. The maximum atomic E-state index is 12.2. The number of ether oxygens (including phenoxy) is 2. The Bertz CT molecular complexity index is 941. The molecule has 2 amide bonds. The minimum Gasteiger partial charge on any atom is -0.490 e. The van der Waals surface area contributed by atoms with Crippen molar-refractivity contribution in [2.45, 2.75) is 6.92 Å². The molecule has 0 aliphatic carbocycles. The molecule has 0 radical (unpaired) electrons. The van der Waals surface area contributed by atoms with Gasteiger partial charge >= 0.3 is 0 Å². The van der Waals surface area contributed by atoms with Gasteiger partial charge in [0.2, 0.25) is 0 Å². The van der Waals surface area contributed by atoms with Gasteiger partial charge in [-0.3, -0.25) is 9.59 Å². The smallest absolute Gasteiger partial charge is 0.265 e. The summed E-state index contributed by atoms with van der Waals surface area (Å²) >= 11 is 1.37. The summed E-state index contributed by atoms with van der Waals surface area (Å²) in [7, 11) is 0. The van der Waals surface area contributed by atoms with Crippen molar-refractivity contribution in [2.75, 3.05) is 23.8 Å². The average molecular weight is 396 g/mol. The molecule has 0 fully saturated rings. The molecule has 0 saturated carbocycles. The van der Waals surface area contributed by atoms with Gasteiger partial charge in [0, 0.05) is 11.4 Å². The van der Waals surface area contributed by atoms with Crippen molar-refractivity contribution in [3.63, 3.8) is 0 Å². The van der Waals surface area contributed by atoms with E-state index in [2.05, 4.69) is 10.6 Å². The molecule has 6 nitrogen and oxygen atoms in total. The molecule has 0 spiro atoms. The third kappa shape index (κ3) is 5.34. The Morgan fingerprint density at radius 3 is 2.29 bits per heavy atom. The van der Waals surface area contributed by atoms with E-state index in [4.69, 9.17) is 9.47 Å². The molecule has 2 aromatic carbocycles. The van der Waals surface area contributed by atoms with E-state index >= 15 is 0 Å². The van der Waals surface area contributed by atoms with Crippen LogP contribution in [-0.4, -0.2) is 25.0 Å². The molecule has 0 aliphatic heterocycles. The zero-order valence-electron chi connectivity index (χ0n) is 15.3. The summed E-state index contributed by atoms with van der Waals surface area (Å²) in [6, 6.07) is 17.7. The number of hydrogen-bond acceptors (Lipinski definition) is 5. The molecular weight excluding hydrogens is 376 g/mol. The first kappa shape index (κ1) is 19.4. The van der Waals surface area contributed by atoms with E-state index < -0.39 is 0 Å². The fourth-order valence-corrected chi connectivity index (χ4v) is 3.08. The van der Waals surface area contributed by atoms with Gasteiger partial charge in [-0.15, -0.1) is 11.3 Å². The maximum Gasteiger partial charge on any atom is 0.265 e. The number of nitrogens with one attached hydrogen (secondary N) is 2. The third-order valence-electron chi connectivity index (χ3n) is 3.66. The predicted octanol–water partition coefficient (Wildman–Crippen LogP) is 4.42. The molecule has 144 valence electrons. The largest absolute Gasteiger partial charge is 0.490 e. The number of amides is 2. The summed E-state index contributed by atoms with van der Waals surface area (Å²) in [5, 5.41) is 7.41. The van der Waals surface area contributed by atoms with Gasteiger partial charge in [-0.05, 0) is 48.7 Å². The minimum atomic E-state index is -0.312. The van der Waals surface area contributed by atoms with Crippen molar-refractivity contribution in [1.82, 2.24) is 0 Å². The van der Waals surface area contributed by atoms with Crippen molar-refractivity contribution in [3.8, 4) is 11.5 Å². The van der Waals surface area contributed by atoms with E-state index in [1.165, 1.54) is 11.3 Å². The Labute approximate surface area is 167 Å². The zero-order chi connectivity index (χ0) is 19.8. The molecule has 0 bridgehead atoms. The molecule has 2 N–H and O–H groups in total. The number of benzene rings is 2. The van der Waals surface area contributed by atoms with Crippen LogP contribution in [0, 0.1) is 0 Å². The Kier molecular flexibility index (Phi) is 6.64. The topological polar surface area (TPSA) is 76.7 Å². The summed E-state index contributed by atoms with van der Waals surface area (Å²) in [6.07, 6.45) is 0. The van der Waals surface area contributed by atoms with Crippen molar-refractivity contribution in [1.29, 1.82) is 0 Å². The summed E-state index contributed by atoms with van der Waals surface area (Å²) in [4.78, 5) is 25.0.